The number of ether oxygens (including phenoxy) is 1. The molecule has 1 aromatic rings. The van der Waals surface area contributed by atoms with Gasteiger partial charge in [0, 0.05) is 38.2 Å². The van der Waals surface area contributed by atoms with Gasteiger partial charge in [-0.3, -0.25) is 4.72 Å². The minimum Gasteiger partial charge on any atom is -0.375 e. The number of fused-ring (bicyclic) bond motifs is 1. The number of rotatable bonds is 10. The molecule has 198 valence electrons. The third-order valence-corrected chi connectivity index (χ3v) is 10.2. The van der Waals surface area contributed by atoms with Gasteiger partial charge in [0.1, 0.15) is 0 Å². The van der Waals surface area contributed by atoms with Crippen LogP contribution in [-0.4, -0.2) is 56.3 Å². The fraction of sp³-hybridized carbons (Fsp3) is 0.778. The second kappa shape index (κ2) is 11.0. The number of hydrogen-bond donors (Lipinski definition) is 1. The Morgan fingerprint density at radius 2 is 1.66 bits per heavy atom. The largest absolute Gasteiger partial charge is 0.375 e. The molecule has 3 aliphatic carbocycles. The van der Waals surface area contributed by atoms with Gasteiger partial charge < -0.3 is 9.64 Å². The average Bonchev–Trinajstić information content (AvgIpc) is 3.74. The van der Waals surface area contributed by atoms with Gasteiger partial charge in [-0.2, -0.15) is 0 Å². The van der Waals surface area contributed by atoms with E-state index in [-0.39, 0.29) is 23.7 Å². The lowest BCUT2D eigenvalue weighted by molar-refractivity contribution is -0.134. The molecule has 1 saturated heterocycles. The Morgan fingerprint density at radius 1 is 1.03 bits per heavy atom. The summed E-state index contributed by atoms with van der Waals surface area (Å²) in [6.45, 7) is 8.57. The number of nitrogens with one attached hydrogen (secondary N) is 1. The number of benzene rings is 1. The summed E-state index contributed by atoms with van der Waals surface area (Å²) < 4.78 is 58.2. The monoisotopic (exact) mass is 512 g/mol. The van der Waals surface area contributed by atoms with E-state index in [9.17, 15) is 17.2 Å². The van der Waals surface area contributed by atoms with Crippen molar-refractivity contribution in [2.24, 2.45) is 17.8 Å². The molecule has 1 N–H and O–H groups in total. The van der Waals surface area contributed by atoms with Crippen LogP contribution in [0.3, 0.4) is 0 Å². The Hall–Kier alpha value is -1.25. The van der Waals surface area contributed by atoms with Crippen molar-refractivity contribution < 1.29 is 21.9 Å². The summed E-state index contributed by atoms with van der Waals surface area (Å²) in [6, 6.07) is 8.98. The van der Waals surface area contributed by atoms with E-state index in [1.807, 2.05) is 25.1 Å². The third-order valence-electron chi connectivity index (χ3n) is 8.37. The third kappa shape index (κ3) is 7.16. The van der Waals surface area contributed by atoms with Gasteiger partial charge in [-0.05, 0) is 81.9 Å². The minimum absolute atomic E-state index is 0.000950. The first-order chi connectivity index (χ1) is 16.7. The molecule has 1 heterocycles. The number of piperidine rings is 1. The molecule has 5 rings (SSSR count). The lowest BCUT2D eigenvalue weighted by atomic mass is 9.79. The molecule has 0 radical (unpaired) electrons. The average molecular weight is 513 g/mol. The van der Waals surface area contributed by atoms with Crippen LogP contribution in [-0.2, 0) is 14.8 Å². The summed E-state index contributed by atoms with van der Waals surface area (Å²) in [5.41, 5.74) is 0.375. The topological polar surface area (TPSA) is 58.6 Å². The molecule has 2 atom stereocenters. The van der Waals surface area contributed by atoms with Gasteiger partial charge in [-0.15, -0.1) is 0 Å². The van der Waals surface area contributed by atoms with Crippen LogP contribution in [0.25, 0.3) is 0 Å². The second-order valence-corrected chi connectivity index (χ2v) is 12.9. The van der Waals surface area contributed by atoms with Crippen molar-refractivity contribution in [1.29, 1.82) is 0 Å². The van der Waals surface area contributed by atoms with Crippen molar-refractivity contribution in [1.82, 2.24) is 4.90 Å². The Kier molecular flexibility index (Phi) is 8.43. The fourth-order valence-electron chi connectivity index (χ4n) is 6.13. The lowest BCUT2D eigenvalue weighted by Crippen LogP contribution is -2.41. The molecule has 8 heteroatoms. The van der Waals surface area contributed by atoms with Gasteiger partial charge >= 0.3 is 0 Å². The van der Waals surface area contributed by atoms with Crippen molar-refractivity contribution in [3.05, 3.63) is 30.3 Å². The quantitative estimate of drug-likeness (QED) is 0.422. The van der Waals surface area contributed by atoms with Crippen molar-refractivity contribution in [3.8, 4) is 0 Å². The van der Waals surface area contributed by atoms with Gasteiger partial charge in [0.15, 0.2) is 0 Å². The molecule has 4 fully saturated rings. The van der Waals surface area contributed by atoms with Crippen LogP contribution in [0.4, 0.5) is 14.5 Å². The molecule has 35 heavy (non-hydrogen) atoms. The standard InChI is InChI=1S/C18H31F2NO.C9H11NO2S/c1-3-14-15-12-21(13-16(14)15)11-5-6-17(22-4-2)7-9-18(19,20)10-8-17;11-13(12,9-6-7-9)10-8-4-2-1-3-5-8/h14-16H,3-13H2,1-2H3;1-5,9-10H,6-7H2. The van der Waals surface area contributed by atoms with Gasteiger partial charge in [0.05, 0.1) is 10.9 Å². The van der Waals surface area contributed by atoms with E-state index in [2.05, 4.69) is 16.5 Å². The smallest absolute Gasteiger partial charge is 0.248 e. The van der Waals surface area contributed by atoms with E-state index in [4.69, 9.17) is 4.74 Å². The zero-order valence-electron chi connectivity index (χ0n) is 21.2. The highest BCUT2D eigenvalue weighted by molar-refractivity contribution is 7.93. The summed E-state index contributed by atoms with van der Waals surface area (Å²) in [5.74, 6) is 0.441. The summed E-state index contributed by atoms with van der Waals surface area (Å²) >= 11 is 0. The molecule has 2 unspecified atom stereocenters. The van der Waals surface area contributed by atoms with Crippen LogP contribution < -0.4 is 4.72 Å². The van der Waals surface area contributed by atoms with Gasteiger partial charge in [0.2, 0.25) is 15.9 Å². The maximum Gasteiger partial charge on any atom is 0.248 e. The van der Waals surface area contributed by atoms with Crippen LogP contribution in [0.2, 0.25) is 0 Å². The van der Waals surface area contributed by atoms with E-state index in [1.54, 1.807) is 12.1 Å². The van der Waals surface area contributed by atoms with Crippen LogP contribution in [0.15, 0.2) is 30.3 Å². The molecule has 1 aliphatic heterocycles. The number of halogens is 2. The summed E-state index contributed by atoms with van der Waals surface area (Å²) in [5, 5.41) is -0.160. The molecular formula is C27H42F2N2O3S. The lowest BCUT2D eigenvalue weighted by Gasteiger charge is -2.40. The molecule has 0 spiro atoms. The van der Waals surface area contributed by atoms with Crippen LogP contribution in [0.1, 0.15) is 71.6 Å². The number of para-hydroxylation sites is 1. The number of alkyl halides is 2. The number of nitrogens with zero attached hydrogens (tertiary/aromatic N) is 1. The zero-order valence-corrected chi connectivity index (χ0v) is 22.0. The summed E-state index contributed by atoms with van der Waals surface area (Å²) in [4.78, 5) is 2.58. The molecule has 5 nitrogen and oxygen atoms in total. The van der Waals surface area contributed by atoms with Crippen LogP contribution >= 0.6 is 0 Å². The van der Waals surface area contributed by atoms with Gasteiger partial charge in [-0.25, -0.2) is 17.2 Å². The van der Waals surface area contributed by atoms with Crippen LogP contribution in [0, 0.1) is 17.8 Å². The first-order valence-corrected chi connectivity index (χ1v) is 15.0. The first kappa shape index (κ1) is 26.8. The Labute approximate surface area is 210 Å². The molecular weight excluding hydrogens is 470 g/mol. The van der Waals surface area contributed by atoms with Crippen molar-refractivity contribution in [3.63, 3.8) is 0 Å². The Morgan fingerprint density at radius 3 is 2.20 bits per heavy atom. The molecule has 3 saturated carbocycles. The maximum atomic E-state index is 13.4. The second-order valence-electron chi connectivity index (χ2n) is 10.9. The number of sulfonamides is 1. The maximum absolute atomic E-state index is 13.4. The molecule has 0 aromatic heterocycles. The Balaban J connectivity index is 0.000000189. The Bertz CT molecular complexity index is 902. The highest BCUT2D eigenvalue weighted by Crippen LogP contribution is 2.53. The van der Waals surface area contributed by atoms with Gasteiger partial charge in [0.25, 0.3) is 0 Å². The highest BCUT2D eigenvalue weighted by Gasteiger charge is 2.54. The molecule has 1 aromatic carbocycles. The molecule has 0 amide bonds. The normalized spacial score (nSPS) is 29.1. The van der Waals surface area contributed by atoms with Crippen molar-refractivity contribution >= 4 is 15.7 Å². The molecule has 4 aliphatic rings. The fourth-order valence-corrected chi connectivity index (χ4v) is 7.51. The number of hydrogen-bond acceptors (Lipinski definition) is 4. The zero-order chi connectivity index (χ0) is 25.1. The SMILES string of the molecule is CCOC1(CCCN2CC3C(CC)C3C2)CCC(F)(F)CC1.O=S(=O)(Nc1ccccc1)C1CC1. The minimum atomic E-state index is -3.09. The number of anilines is 1. The summed E-state index contributed by atoms with van der Waals surface area (Å²) in [6.07, 6.45) is 6.00. The van der Waals surface area contributed by atoms with Gasteiger partial charge in [-0.1, -0.05) is 31.5 Å². The first-order valence-electron chi connectivity index (χ1n) is 13.5. The highest BCUT2D eigenvalue weighted by atomic mass is 32.2. The van der Waals surface area contributed by atoms with E-state index in [1.165, 1.54) is 19.5 Å². The molecule has 0 bridgehead atoms. The van der Waals surface area contributed by atoms with Crippen LogP contribution in [0.5, 0.6) is 0 Å². The van der Waals surface area contributed by atoms with E-state index in [0.717, 1.165) is 50.0 Å². The van der Waals surface area contributed by atoms with E-state index < -0.39 is 15.9 Å². The van der Waals surface area contributed by atoms with E-state index >= 15 is 0 Å². The van der Waals surface area contributed by atoms with Crippen molar-refractivity contribution in [2.75, 3.05) is 31.0 Å². The number of likely N-dealkylation sites (tertiary alicyclic amines) is 1. The predicted octanol–water partition coefficient (Wildman–Crippen LogP) is 5.93. The van der Waals surface area contributed by atoms with E-state index in [0.29, 0.717) is 25.1 Å². The van der Waals surface area contributed by atoms with Crippen molar-refractivity contribution in [2.45, 2.75) is 88.4 Å². The predicted molar refractivity (Wildman–Crippen MR) is 136 cm³/mol. The summed E-state index contributed by atoms with van der Waals surface area (Å²) in [7, 11) is -3.09.